The van der Waals surface area contributed by atoms with Crippen molar-refractivity contribution in [3.05, 3.63) is 84.6 Å². The van der Waals surface area contributed by atoms with E-state index in [1.165, 1.54) is 30.3 Å². The summed E-state index contributed by atoms with van der Waals surface area (Å²) in [5, 5.41) is 12.5. The van der Waals surface area contributed by atoms with Gasteiger partial charge in [0.2, 0.25) is 0 Å². The van der Waals surface area contributed by atoms with Crippen molar-refractivity contribution in [1.82, 2.24) is 24.3 Å². The summed E-state index contributed by atoms with van der Waals surface area (Å²) >= 11 is 0. The number of urea groups is 1. The number of rotatable bonds is 4. The van der Waals surface area contributed by atoms with E-state index in [4.69, 9.17) is 0 Å². The van der Waals surface area contributed by atoms with Crippen LogP contribution in [0.15, 0.2) is 73.4 Å². The number of nitrogens with one attached hydrogen (secondary N) is 1. The summed E-state index contributed by atoms with van der Waals surface area (Å²) in [6.07, 6.45) is 10.6. The Morgan fingerprint density at radius 3 is 2.51 bits per heavy atom. The number of β-amino-alcohol motifs (C(OH)–C–C–N with tert-alkyl or cyclic N) is 1. The van der Waals surface area contributed by atoms with Crippen LogP contribution in [0.3, 0.4) is 0 Å². The first-order valence-corrected chi connectivity index (χ1v) is 12.9. The molecule has 1 aromatic carbocycles. The zero-order chi connectivity index (χ0) is 25.2. The largest absolute Gasteiger partial charge is 0.391 e. The van der Waals surface area contributed by atoms with Gasteiger partial charge in [0, 0.05) is 56.8 Å². The Morgan fingerprint density at radius 1 is 0.919 bits per heavy atom. The van der Waals surface area contributed by atoms with Crippen molar-refractivity contribution in [3.63, 3.8) is 0 Å². The fraction of sp³-hybridized carbons (Fsp3) is 0.357. The van der Waals surface area contributed by atoms with Gasteiger partial charge in [0.25, 0.3) is 0 Å². The van der Waals surface area contributed by atoms with Crippen molar-refractivity contribution in [1.29, 1.82) is 0 Å². The first-order chi connectivity index (χ1) is 18.1. The lowest BCUT2D eigenvalue weighted by Crippen LogP contribution is -2.50. The van der Waals surface area contributed by atoms with E-state index >= 15 is 0 Å². The molecule has 1 atom stereocenters. The Morgan fingerprint density at radius 2 is 1.76 bits per heavy atom. The Hall–Kier alpha value is -3.98. The van der Waals surface area contributed by atoms with E-state index in [0.29, 0.717) is 31.4 Å². The second-order valence-corrected chi connectivity index (χ2v) is 10.0. The van der Waals surface area contributed by atoms with Gasteiger partial charge in [-0.1, -0.05) is 36.4 Å². The summed E-state index contributed by atoms with van der Waals surface area (Å²) in [7, 11) is 0. The molecule has 0 radical (unpaired) electrons. The number of carbonyl (C=O) groups excluding carboxylic acids is 1. The number of hydrogen-bond acceptors (Lipinski definition) is 6. The van der Waals surface area contributed by atoms with Crippen LogP contribution in [0.1, 0.15) is 42.2 Å². The van der Waals surface area contributed by atoms with Gasteiger partial charge in [0.05, 0.1) is 6.10 Å². The molecule has 2 aliphatic heterocycles. The van der Waals surface area contributed by atoms with Crippen LogP contribution < -0.4 is 10.2 Å². The molecule has 9 nitrogen and oxygen atoms in total. The van der Waals surface area contributed by atoms with E-state index in [-0.39, 0.29) is 12.1 Å². The number of likely N-dealkylation sites (tertiary alicyclic amines) is 1. The number of aliphatic hydroxyl groups is 1. The van der Waals surface area contributed by atoms with Gasteiger partial charge >= 0.3 is 6.03 Å². The number of pyridine rings is 1. The zero-order valence-corrected chi connectivity index (χ0v) is 20.6. The highest BCUT2D eigenvalue weighted by Gasteiger charge is 2.32. The molecular weight excluding hydrogens is 466 g/mol. The molecule has 0 bridgehead atoms. The van der Waals surface area contributed by atoms with Gasteiger partial charge in [-0.05, 0) is 42.4 Å². The Bertz CT molecular complexity index is 1370. The Kier molecular flexibility index (Phi) is 6.44. The fourth-order valence-corrected chi connectivity index (χ4v) is 4.90. The normalized spacial score (nSPS) is 19.3. The van der Waals surface area contributed by atoms with E-state index < -0.39 is 0 Å². The third-order valence-corrected chi connectivity index (χ3v) is 7.28. The maximum absolute atomic E-state index is 12.4. The number of aromatic nitrogens is 4. The van der Waals surface area contributed by atoms with Gasteiger partial charge in [-0.2, -0.15) is 0 Å². The molecule has 3 fully saturated rings. The summed E-state index contributed by atoms with van der Waals surface area (Å²) < 4.78 is 2.09. The predicted molar refractivity (Wildman–Crippen MR) is 142 cm³/mol. The standard InChI is InChI=1S/C18H21N5O2.C10H10N2/c24-15-6-7-22(11-15)17-8-16(19-12-20-17)21-18(25)23-9-14(10-23)13-4-2-1-3-5-13;1-2-8(1)9-3-4-10-11-5-6-12(10)7-9/h1-5,8,12,14-15,24H,6-7,9-11H2,(H,19,20,21,25);3-8H,1-2H2. The van der Waals surface area contributed by atoms with E-state index in [2.05, 4.69) is 55.1 Å². The van der Waals surface area contributed by atoms with Gasteiger partial charge in [0.15, 0.2) is 0 Å². The van der Waals surface area contributed by atoms with Crippen molar-refractivity contribution in [2.24, 2.45) is 0 Å². The number of imidazole rings is 1. The van der Waals surface area contributed by atoms with Crippen LogP contribution in [0.4, 0.5) is 16.4 Å². The van der Waals surface area contributed by atoms with Gasteiger partial charge in [-0.15, -0.1) is 0 Å². The van der Waals surface area contributed by atoms with Crippen LogP contribution in [-0.4, -0.2) is 67.7 Å². The number of nitrogens with zero attached hydrogens (tertiary/aromatic N) is 6. The molecule has 3 aliphatic rings. The van der Waals surface area contributed by atoms with E-state index in [1.807, 2.05) is 35.5 Å². The second kappa shape index (κ2) is 10.2. The zero-order valence-electron chi connectivity index (χ0n) is 20.6. The molecule has 4 aromatic rings. The fourth-order valence-electron chi connectivity index (χ4n) is 4.90. The lowest BCUT2D eigenvalue weighted by molar-refractivity contribution is 0.164. The highest BCUT2D eigenvalue weighted by molar-refractivity contribution is 5.89. The average molecular weight is 498 g/mol. The van der Waals surface area contributed by atoms with Crippen LogP contribution in [0.5, 0.6) is 0 Å². The lowest BCUT2D eigenvalue weighted by atomic mass is 9.92. The van der Waals surface area contributed by atoms with Crippen molar-refractivity contribution in [3.8, 4) is 0 Å². The second-order valence-electron chi connectivity index (χ2n) is 10.0. The van der Waals surface area contributed by atoms with Crippen molar-refractivity contribution in [2.45, 2.75) is 37.2 Å². The summed E-state index contributed by atoms with van der Waals surface area (Å²) in [6.45, 7) is 2.75. The monoisotopic (exact) mass is 497 g/mol. The Balaban J connectivity index is 0.000000174. The maximum atomic E-state index is 12.4. The van der Waals surface area contributed by atoms with Crippen LogP contribution in [0.25, 0.3) is 5.65 Å². The molecule has 2 amide bonds. The quantitative estimate of drug-likeness (QED) is 0.444. The number of benzene rings is 1. The lowest BCUT2D eigenvalue weighted by Gasteiger charge is -2.39. The number of aliphatic hydroxyl groups excluding tert-OH is 1. The first-order valence-electron chi connectivity index (χ1n) is 12.9. The van der Waals surface area contributed by atoms with Gasteiger partial charge in [-0.3, -0.25) is 5.32 Å². The highest BCUT2D eigenvalue weighted by Crippen LogP contribution is 2.39. The van der Waals surface area contributed by atoms with Gasteiger partial charge in [0.1, 0.15) is 23.6 Å². The molecule has 3 aromatic heterocycles. The highest BCUT2D eigenvalue weighted by atomic mass is 16.3. The molecule has 2 N–H and O–H groups in total. The average Bonchev–Trinajstić information content (AvgIpc) is 3.47. The van der Waals surface area contributed by atoms with Crippen LogP contribution in [-0.2, 0) is 0 Å². The predicted octanol–water partition coefficient (Wildman–Crippen LogP) is 3.89. The molecule has 9 heteroatoms. The topological polar surface area (TPSA) is 98.9 Å². The smallest absolute Gasteiger partial charge is 0.323 e. The number of carbonyl (C=O) groups is 1. The minimum atomic E-state index is -0.316. The first kappa shape index (κ1) is 23.4. The van der Waals surface area contributed by atoms with Gasteiger partial charge in [-0.25, -0.2) is 19.7 Å². The summed E-state index contributed by atoms with van der Waals surface area (Å²) in [6, 6.07) is 16.1. The van der Waals surface area contributed by atoms with E-state index in [0.717, 1.165) is 30.3 Å². The number of fused-ring (bicyclic) bond motifs is 1. The van der Waals surface area contributed by atoms with Gasteiger partial charge < -0.3 is 19.3 Å². The molecule has 37 heavy (non-hydrogen) atoms. The SMILES string of the molecule is O=C(Nc1cc(N2CCC(O)C2)ncn1)N1CC(c2ccccc2)C1.c1cn2cc(C3CC3)ccc2n1. The molecule has 0 spiro atoms. The number of anilines is 2. The number of hydrogen-bond donors (Lipinski definition) is 2. The van der Waals surface area contributed by atoms with Crippen LogP contribution in [0.2, 0.25) is 0 Å². The van der Waals surface area contributed by atoms with Crippen LogP contribution in [0, 0.1) is 0 Å². The minimum absolute atomic E-state index is 0.140. The van der Waals surface area contributed by atoms with E-state index in [9.17, 15) is 9.90 Å². The summed E-state index contributed by atoms with van der Waals surface area (Å²) in [5.74, 6) is 2.45. The third kappa shape index (κ3) is 5.41. The molecular formula is C28H31N7O2. The molecule has 7 rings (SSSR count). The van der Waals surface area contributed by atoms with Crippen molar-refractivity contribution < 1.29 is 9.90 Å². The molecule has 1 saturated carbocycles. The van der Waals surface area contributed by atoms with Crippen LogP contribution >= 0.6 is 0 Å². The maximum Gasteiger partial charge on any atom is 0.323 e. The molecule has 1 unspecified atom stereocenters. The molecule has 1 aliphatic carbocycles. The molecule has 190 valence electrons. The third-order valence-electron chi connectivity index (χ3n) is 7.28. The number of amides is 2. The molecule has 5 heterocycles. The Labute approximate surface area is 215 Å². The molecule has 2 saturated heterocycles. The summed E-state index contributed by atoms with van der Waals surface area (Å²) in [5.41, 5.74) is 3.77. The summed E-state index contributed by atoms with van der Waals surface area (Å²) in [4.78, 5) is 28.7. The van der Waals surface area contributed by atoms with Crippen molar-refractivity contribution in [2.75, 3.05) is 36.4 Å². The van der Waals surface area contributed by atoms with E-state index in [1.54, 1.807) is 11.0 Å². The minimum Gasteiger partial charge on any atom is -0.391 e. The van der Waals surface area contributed by atoms with Crippen molar-refractivity contribution >= 4 is 23.3 Å².